The first kappa shape index (κ1) is 21.2. The van der Waals surface area contributed by atoms with E-state index in [9.17, 15) is 14.7 Å². The molecule has 0 bridgehead atoms. The molecular formula is C25H26N4O4. The van der Waals surface area contributed by atoms with E-state index >= 15 is 0 Å². The van der Waals surface area contributed by atoms with Crippen LogP contribution in [0.4, 0.5) is 0 Å². The first-order valence-corrected chi connectivity index (χ1v) is 11.1. The van der Waals surface area contributed by atoms with E-state index in [2.05, 4.69) is 15.5 Å². The van der Waals surface area contributed by atoms with Gasteiger partial charge < -0.3 is 20.1 Å². The molecule has 3 aromatic rings. The number of methoxy groups -OCH3 is 1. The molecule has 1 aliphatic carbocycles. The molecule has 1 unspecified atom stereocenters. The summed E-state index contributed by atoms with van der Waals surface area (Å²) >= 11 is 0. The number of H-pyrrole nitrogens is 1. The minimum absolute atomic E-state index is 0.102. The second kappa shape index (κ2) is 8.71. The highest BCUT2D eigenvalue weighted by Crippen LogP contribution is 2.36. The summed E-state index contributed by atoms with van der Waals surface area (Å²) in [5.74, 6) is 0.272. The molecule has 2 fully saturated rings. The third-order valence-corrected chi connectivity index (χ3v) is 6.24. The van der Waals surface area contributed by atoms with Crippen molar-refractivity contribution in [3.8, 4) is 16.9 Å². The van der Waals surface area contributed by atoms with Gasteiger partial charge in [-0.05, 0) is 55.2 Å². The fraction of sp³-hybridized carbons (Fsp3) is 0.320. The van der Waals surface area contributed by atoms with Crippen LogP contribution in [0.1, 0.15) is 51.6 Å². The number of rotatable bonds is 6. The van der Waals surface area contributed by atoms with Crippen LogP contribution in [0.5, 0.6) is 5.75 Å². The lowest BCUT2D eigenvalue weighted by molar-refractivity contribution is 0.0715. The summed E-state index contributed by atoms with van der Waals surface area (Å²) in [5.41, 5.74) is 3.57. The predicted octanol–water partition coefficient (Wildman–Crippen LogP) is 2.93. The van der Waals surface area contributed by atoms with E-state index in [0.29, 0.717) is 23.3 Å². The number of ether oxygens (including phenoxy) is 1. The number of hydrogen-bond acceptors (Lipinski definition) is 5. The summed E-state index contributed by atoms with van der Waals surface area (Å²) < 4.78 is 5.53. The van der Waals surface area contributed by atoms with Gasteiger partial charge in [0.05, 0.1) is 25.5 Å². The number of hydrogen-bond donors (Lipinski definition) is 3. The van der Waals surface area contributed by atoms with Crippen molar-refractivity contribution in [1.82, 2.24) is 20.4 Å². The number of carbonyl (C=O) groups excluding carboxylic acids is 2. The highest BCUT2D eigenvalue weighted by atomic mass is 16.5. The Morgan fingerprint density at radius 1 is 1.18 bits per heavy atom. The molecule has 2 aromatic carbocycles. The molecule has 2 heterocycles. The van der Waals surface area contributed by atoms with Gasteiger partial charge in [-0.2, -0.15) is 5.10 Å². The quantitative estimate of drug-likeness (QED) is 0.540. The first-order chi connectivity index (χ1) is 16.0. The van der Waals surface area contributed by atoms with Crippen LogP contribution in [0.25, 0.3) is 11.1 Å². The van der Waals surface area contributed by atoms with E-state index in [4.69, 9.17) is 4.74 Å². The number of aliphatic hydroxyl groups excluding tert-OH is 1. The molecule has 1 aromatic heterocycles. The molecule has 33 heavy (non-hydrogen) atoms. The highest BCUT2D eigenvalue weighted by Gasteiger charge is 2.36. The lowest BCUT2D eigenvalue weighted by Crippen LogP contribution is -2.32. The van der Waals surface area contributed by atoms with Crippen molar-refractivity contribution in [2.75, 3.05) is 13.7 Å². The van der Waals surface area contributed by atoms with Gasteiger partial charge in [0.25, 0.3) is 11.8 Å². The number of β-amino-alcohol motifs (C(OH)–C–C–N with tert-alkyl or cyclic N) is 1. The van der Waals surface area contributed by atoms with Crippen LogP contribution in [-0.4, -0.2) is 57.8 Å². The molecule has 2 aliphatic rings. The van der Waals surface area contributed by atoms with Gasteiger partial charge in [0.15, 0.2) is 0 Å². The van der Waals surface area contributed by atoms with E-state index in [1.165, 1.54) is 0 Å². The lowest BCUT2D eigenvalue weighted by Gasteiger charge is -2.25. The van der Waals surface area contributed by atoms with Crippen LogP contribution in [0, 0.1) is 0 Å². The first-order valence-electron chi connectivity index (χ1n) is 11.1. The van der Waals surface area contributed by atoms with E-state index in [1.807, 2.05) is 24.3 Å². The van der Waals surface area contributed by atoms with Gasteiger partial charge in [-0.3, -0.25) is 14.7 Å². The zero-order chi connectivity index (χ0) is 22.9. The van der Waals surface area contributed by atoms with Crippen LogP contribution >= 0.6 is 0 Å². The van der Waals surface area contributed by atoms with Crippen LogP contribution in [0.2, 0.25) is 0 Å². The molecule has 2 amide bonds. The second-order valence-electron chi connectivity index (χ2n) is 8.64. The topological polar surface area (TPSA) is 108 Å². The summed E-state index contributed by atoms with van der Waals surface area (Å²) in [6, 6.07) is 12.6. The molecule has 2 atom stereocenters. The third kappa shape index (κ3) is 4.34. The Balaban J connectivity index is 1.41. The number of nitrogens with one attached hydrogen (secondary N) is 2. The molecule has 8 heteroatoms. The summed E-state index contributed by atoms with van der Waals surface area (Å²) in [7, 11) is 1.56. The summed E-state index contributed by atoms with van der Waals surface area (Å²) in [4.78, 5) is 27.7. The maximum atomic E-state index is 13.5. The molecule has 0 radical (unpaired) electrons. The number of amides is 2. The van der Waals surface area contributed by atoms with Crippen molar-refractivity contribution in [2.24, 2.45) is 0 Å². The molecular weight excluding hydrogens is 420 g/mol. The van der Waals surface area contributed by atoms with Crippen molar-refractivity contribution >= 4 is 11.8 Å². The summed E-state index contributed by atoms with van der Waals surface area (Å²) in [6.45, 7) is 0.230. The summed E-state index contributed by atoms with van der Waals surface area (Å²) in [5, 5.41) is 20.1. The fourth-order valence-electron chi connectivity index (χ4n) is 4.36. The van der Waals surface area contributed by atoms with Gasteiger partial charge in [0.1, 0.15) is 5.75 Å². The number of nitrogens with zero attached hydrogens (tertiary/aromatic N) is 2. The molecule has 8 nitrogen and oxygen atoms in total. The SMILES string of the molecule is COc1cc(C(=O)N2CC(O)C[C@@H]2c2cccc(C(=O)NC3CC3)c2)ccc1-c1cn[nH]c1. The van der Waals surface area contributed by atoms with Crippen molar-refractivity contribution in [1.29, 1.82) is 0 Å². The van der Waals surface area contributed by atoms with Crippen molar-refractivity contribution in [3.05, 3.63) is 71.5 Å². The van der Waals surface area contributed by atoms with Gasteiger partial charge in [-0.15, -0.1) is 0 Å². The molecule has 3 N–H and O–H groups in total. The Morgan fingerprint density at radius 2 is 2.03 bits per heavy atom. The highest BCUT2D eigenvalue weighted by molar-refractivity contribution is 5.97. The van der Waals surface area contributed by atoms with Gasteiger partial charge in [-0.25, -0.2) is 0 Å². The average molecular weight is 447 g/mol. The number of aromatic nitrogens is 2. The van der Waals surface area contributed by atoms with E-state index in [-0.39, 0.29) is 30.4 Å². The maximum absolute atomic E-state index is 13.5. The Morgan fingerprint density at radius 3 is 2.76 bits per heavy atom. The van der Waals surface area contributed by atoms with Gasteiger partial charge in [-0.1, -0.05) is 12.1 Å². The summed E-state index contributed by atoms with van der Waals surface area (Å²) in [6.07, 6.45) is 5.28. The minimum Gasteiger partial charge on any atom is -0.496 e. The van der Waals surface area contributed by atoms with Crippen LogP contribution in [-0.2, 0) is 0 Å². The average Bonchev–Trinajstić information content (AvgIpc) is 3.32. The Labute approximate surface area is 191 Å². The number of benzene rings is 2. The van der Waals surface area contributed by atoms with Crippen LogP contribution in [0.3, 0.4) is 0 Å². The Bertz CT molecular complexity index is 1170. The third-order valence-electron chi connectivity index (χ3n) is 6.24. The number of likely N-dealkylation sites (tertiary alicyclic amines) is 1. The van der Waals surface area contributed by atoms with Crippen LogP contribution < -0.4 is 10.1 Å². The largest absolute Gasteiger partial charge is 0.496 e. The second-order valence-corrected chi connectivity index (χ2v) is 8.64. The maximum Gasteiger partial charge on any atom is 0.254 e. The zero-order valence-corrected chi connectivity index (χ0v) is 18.3. The number of carbonyl (C=O) groups is 2. The van der Waals surface area contributed by atoms with Gasteiger partial charge >= 0.3 is 0 Å². The van der Waals surface area contributed by atoms with Gasteiger partial charge in [0.2, 0.25) is 0 Å². The van der Waals surface area contributed by atoms with Crippen LogP contribution in [0.15, 0.2) is 54.9 Å². The van der Waals surface area contributed by atoms with Crippen molar-refractivity contribution in [3.63, 3.8) is 0 Å². The van der Waals surface area contributed by atoms with E-state index in [0.717, 1.165) is 29.5 Å². The lowest BCUT2D eigenvalue weighted by atomic mass is 10.00. The predicted molar refractivity (Wildman–Crippen MR) is 122 cm³/mol. The Hall–Kier alpha value is -3.65. The molecule has 1 aliphatic heterocycles. The monoisotopic (exact) mass is 446 g/mol. The molecule has 5 rings (SSSR count). The van der Waals surface area contributed by atoms with Crippen molar-refractivity contribution in [2.45, 2.75) is 37.5 Å². The molecule has 1 saturated heterocycles. The van der Waals surface area contributed by atoms with E-state index < -0.39 is 6.10 Å². The Kier molecular flexibility index (Phi) is 5.60. The standard InChI is InChI=1S/C25H26N4O4/c1-33-23-10-17(5-8-21(23)18-12-26-27-13-18)25(32)29-14-20(30)11-22(29)15-3-2-4-16(9-15)24(31)28-19-6-7-19/h2-5,8-10,12-13,19-20,22,30H,6-7,11,14H2,1H3,(H,26,27)(H,28,31)/t20?,22-/m1/s1. The van der Waals surface area contributed by atoms with Crippen molar-refractivity contribution < 1.29 is 19.4 Å². The minimum atomic E-state index is -0.630. The molecule has 170 valence electrons. The number of aromatic amines is 1. The van der Waals surface area contributed by atoms with E-state index in [1.54, 1.807) is 42.6 Å². The zero-order valence-electron chi connectivity index (χ0n) is 18.3. The smallest absolute Gasteiger partial charge is 0.254 e. The molecule has 1 saturated carbocycles. The van der Waals surface area contributed by atoms with Gasteiger partial charge in [0, 0.05) is 41.0 Å². The fourth-order valence-corrected chi connectivity index (χ4v) is 4.36. The molecule has 0 spiro atoms. The normalized spacial score (nSPS) is 20.0. The number of aliphatic hydroxyl groups is 1.